The molecule has 0 aliphatic heterocycles. The highest BCUT2D eigenvalue weighted by molar-refractivity contribution is 5.92. The van der Waals surface area contributed by atoms with Crippen LogP contribution < -0.4 is 22.1 Å². The monoisotopic (exact) mass is 466 g/mol. The predicted octanol–water partition coefficient (Wildman–Crippen LogP) is 0.0771. The van der Waals surface area contributed by atoms with Gasteiger partial charge in [0.1, 0.15) is 0 Å². The van der Waals surface area contributed by atoms with Gasteiger partial charge >= 0.3 is 5.97 Å². The number of guanidine groups is 1. The van der Waals surface area contributed by atoms with Crippen LogP contribution in [0.15, 0.2) is 4.99 Å². The summed E-state index contributed by atoms with van der Waals surface area (Å²) in [5.41, 5.74) is 10.3. The molecular formula is C22H38N6O5. The maximum Gasteiger partial charge on any atom is 0.317 e. The molecule has 7 N–H and O–H groups in total. The summed E-state index contributed by atoms with van der Waals surface area (Å²) in [6, 6.07) is -0.687. The van der Waals surface area contributed by atoms with Crippen LogP contribution in [0, 0.1) is 5.92 Å². The molecule has 2 saturated carbocycles. The molecule has 1 atom stereocenters. The molecule has 0 heterocycles. The van der Waals surface area contributed by atoms with Crippen LogP contribution in [0.2, 0.25) is 0 Å². The number of rotatable bonds is 12. The van der Waals surface area contributed by atoms with E-state index in [0.717, 1.165) is 51.4 Å². The summed E-state index contributed by atoms with van der Waals surface area (Å²) in [6.07, 6.45) is 9.63. The molecule has 11 heteroatoms. The van der Waals surface area contributed by atoms with E-state index in [2.05, 4.69) is 15.6 Å². The molecule has 2 rings (SSSR count). The molecule has 186 valence electrons. The largest absolute Gasteiger partial charge is 0.480 e. The fraction of sp³-hybridized carbons (Fsp3) is 0.773. The van der Waals surface area contributed by atoms with Crippen molar-refractivity contribution in [1.82, 2.24) is 15.5 Å². The Bertz CT molecular complexity index is 712. The van der Waals surface area contributed by atoms with Crippen LogP contribution in [0.25, 0.3) is 0 Å². The molecule has 0 aromatic rings. The third kappa shape index (κ3) is 9.77. The Labute approximate surface area is 194 Å². The van der Waals surface area contributed by atoms with Crippen LogP contribution in [0.1, 0.15) is 70.6 Å². The number of hydrogen-bond donors (Lipinski definition) is 5. The van der Waals surface area contributed by atoms with Crippen molar-refractivity contribution < 1.29 is 24.3 Å². The minimum Gasteiger partial charge on any atom is -0.480 e. The summed E-state index contributed by atoms with van der Waals surface area (Å²) in [5, 5.41) is 14.7. The SMILES string of the molecule is NC(N)=NC(=O)CCNC(=O)CN(C(=O)[C@@H](CC1CCCCC1)NCC(=O)O)C1CCCC1. The fourth-order valence-corrected chi connectivity index (χ4v) is 4.76. The molecule has 0 aromatic carbocycles. The van der Waals surface area contributed by atoms with Gasteiger partial charge in [0.2, 0.25) is 11.8 Å². The van der Waals surface area contributed by atoms with E-state index in [-0.39, 0.29) is 49.9 Å². The second-order valence-corrected chi connectivity index (χ2v) is 9.00. The second kappa shape index (κ2) is 13.8. The van der Waals surface area contributed by atoms with Gasteiger partial charge in [0.05, 0.1) is 19.1 Å². The van der Waals surface area contributed by atoms with E-state index in [9.17, 15) is 19.2 Å². The number of nitrogens with zero attached hydrogens (tertiary/aromatic N) is 2. The van der Waals surface area contributed by atoms with Crippen LogP contribution in [0.4, 0.5) is 0 Å². The Morgan fingerprint density at radius 3 is 2.24 bits per heavy atom. The average molecular weight is 467 g/mol. The van der Waals surface area contributed by atoms with Crippen molar-refractivity contribution in [2.24, 2.45) is 22.4 Å². The molecule has 0 radical (unpaired) electrons. The Balaban J connectivity index is 2.02. The highest BCUT2D eigenvalue weighted by Crippen LogP contribution is 2.29. The van der Waals surface area contributed by atoms with Crippen molar-refractivity contribution in [3.63, 3.8) is 0 Å². The molecule has 11 nitrogen and oxygen atoms in total. The second-order valence-electron chi connectivity index (χ2n) is 9.00. The standard InChI is InChI=1S/C22H38N6O5/c23-22(24)27-18(29)10-11-25-19(30)14-28(16-8-4-5-9-16)21(33)17(26-13-20(31)32)12-15-6-2-1-3-7-15/h15-17,26H,1-14H2,(H,25,30)(H,31,32)(H4,23,24,27,29)/t17-/m1/s1. The van der Waals surface area contributed by atoms with Gasteiger partial charge in [0.15, 0.2) is 5.96 Å². The zero-order chi connectivity index (χ0) is 24.2. The molecule has 2 aliphatic rings. The van der Waals surface area contributed by atoms with Gasteiger partial charge < -0.3 is 26.8 Å². The van der Waals surface area contributed by atoms with Crippen LogP contribution in [0.3, 0.4) is 0 Å². The van der Waals surface area contributed by atoms with E-state index in [0.29, 0.717) is 12.3 Å². The first kappa shape index (κ1) is 26.6. The number of carboxylic acids is 1. The van der Waals surface area contributed by atoms with E-state index in [1.54, 1.807) is 4.90 Å². The van der Waals surface area contributed by atoms with Gasteiger partial charge in [-0.05, 0) is 25.2 Å². The normalized spacial score (nSPS) is 17.8. The van der Waals surface area contributed by atoms with E-state index in [1.807, 2.05) is 0 Å². The summed E-state index contributed by atoms with van der Waals surface area (Å²) in [4.78, 5) is 53.8. The summed E-state index contributed by atoms with van der Waals surface area (Å²) in [6.45, 7) is -0.374. The number of nitrogens with one attached hydrogen (secondary N) is 2. The number of carbonyl (C=O) groups excluding carboxylic acids is 3. The maximum atomic E-state index is 13.5. The number of hydrogen-bond acceptors (Lipinski definition) is 5. The number of nitrogens with two attached hydrogens (primary N) is 2. The number of carboxylic acid groups (broad SMARTS) is 1. The summed E-state index contributed by atoms with van der Waals surface area (Å²) < 4.78 is 0. The molecule has 0 spiro atoms. The van der Waals surface area contributed by atoms with Crippen molar-refractivity contribution >= 4 is 29.7 Å². The lowest BCUT2D eigenvalue weighted by Crippen LogP contribution is -2.54. The first-order valence-corrected chi connectivity index (χ1v) is 11.9. The molecule has 0 aromatic heterocycles. The molecule has 33 heavy (non-hydrogen) atoms. The zero-order valence-electron chi connectivity index (χ0n) is 19.3. The average Bonchev–Trinajstić information content (AvgIpc) is 3.29. The Kier molecular flexibility index (Phi) is 11.1. The molecular weight excluding hydrogens is 428 g/mol. The Morgan fingerprint density at radius 2 is 1.64 bits per heavy atom. The minimum absolute atomic E-state index is 0.0491. The lowest BCUT2D eigenvalue weighted by atomic mass is 9.84. The van der Waals surface area contributed by atoms with Crippen LogP contribution in [-0.4, -0.2) is 71.4 Å². The first-order valence-electron chi connectivity index (χ1n) is 11.9. The van der Waals surface area contributed by atoms with Crippen LogP contribution in [0.5, 0.6) is 0 Å². The summed E-state index contributed by atoms with van der Waals surface area (Å²) in [5.74, 6) is -2.11. The van der Waals surface area contributed by atoms with Gasteiger partial charge in [-0.3, -0.25) is 24.5 Å². The van der Waals surface area contributed by atoms with E-state index in [4.69, 9.17) is 16.6 Å². The van der Waals surface area contributed by atoms with Crippen molar-refractivity contribution in [3.05, 3.63) is 0 Å². The van der Waals surface area contributed by atoms with E-state index >= 15 is 0 Å². The zero-order valence-corrected chi connectivity index (χ0v) is 19.3. The smallest absolute Gasteiger partial charge is 0.317 e. The van der Waals surface area contributed by atoms with Gasteiger partial charge in [-0.15, -0.1) is 0 Å². The predicted molar refractivity (Wildman–Crippen MR) is 123 cm³/mol. The Hall–Kier alpha value is -2.69. The maximum absolute atomic E-state index is 13.5. The third-order valence-electron chi connectivity index (χ3n) is 6.37. The first-order chi connectivity index (χ1) is 15.8. The number of amides is 3. The highest BCUT2D eigenvalue weighted by atomic mass is 16.4. The van der Waals surface area contributed by atoms with Gasteiger partial charge in [-0.2, -0.15) is 4.99 Å². The van der Waals surface area contributed by atoms with Crippen molar-refractivity contribution in [2.75, 3.05) is 19.6 Å². The molecule has 0 saturated heterocycles. The van der Waals surface area contributed by atoms with Gasteiger partial charge in [-0.1, -0.05) is 44.9 Å². The lowest BCUT2D eigenvalue weighted by molar-refractivity contribution is -0.141. The molecule has 3 amide bonds. The lowest BCUT2D eigenvalue weighted by Gasteiger charge is -2.34. The third-order valence-corrected chi connectivity index (χ3v) is 6.37. The molecule has 0 unspecified atom stereocenters. The number of aliphatic imine (C=N–C) groups is 1. The molecule has 2 fully saturated rings. The van der Waals surface area contributed by atoms with Crippen molar-refractivity contribution in [2.45, 2.75) is 82.7 Å². The number of carbonyl (C=O) groups is 4. The van der Waals surface area contributed by atoms with Crippen molar-refractivity contribution in [1.29, 1.82) is 0 Å². The number of aliphatic carboxylic acids is 1. The topological polar surface area (TPSA) is 180 Å². The fourth-order valence-electron chi connectivity index (χ4n) is 4.76. The Morgan fingerprint density at radius 1 is 1.00 bits per heavy atom. The quantitative estimate of drug-likeness (QED) is 0.198. The highest BCUT2D eigenvalue weighted by Gasteiger charge is 2.34. The minimum atomic E-state index is -1.02. The van der Waals surface area contributed by atoms with Gasteiger partial charge in [0, 0.05) is 19.0 Å². The van der Waals surface area contributed by atoms with E-state index < -0.39 is 17.9 Å². The molecule has 2 aliphatic carbocycles. The van der Waals surface area contributed by atoms with Crippen LogP contribution >= 0.6 is 0 Å². The van der Waals surface area contributed by atoms with Crippen molar-refractivity contribution in [3.8, 4) is 0 Å². The van der Waals surface area contributed by atoms with Gasteiger partial charge in [-0.25, -0.2) is 0 Å². The van der Waals surface area contributed by atoms with Crippen LogP contribution in [-0.2, 0) is 19.2 Å². The van der Waals surface area contributed by atoms with Gasteiger partial charge in [0.25, 0.3) is 5.91 Å². The summed E-state index contributed by atoms with van der Waals surface area (Å²) >= 11 is 0. The summed E-state index contributed by atoms with van der Waals surface area (Å²) in [7, 11) is 0. The van der Waals surface area contributed by atoms with E-state index in [1.165, 1.54) is 6.42 Å². The molecule has 0 bridgehead atoms.